The first-order valence-corrected chi connectivity index (χ1v) is 5.64. The van der Waals surface area contributed by atoms with Crippen molar-refractivity contribution in [3.8, 4) is 0 Å². The molecular formula is C12H12BrNO. The molecule has 0 aliphatic heterocycles. The van der Waals surface area contributed by atoms with E-state index in [1.807, 2.05) is 24.3 Å². The Balaban J connectivity index is 2.35. The Morgan fingerprint density at radius 2 is 2.13 bits per heavy atom. The summed E-state index contributed by atoms with van der Waals surface area (Å²) in [4.78, 5) is 3.70. The van der Waals surface area contributed by atoms with Gasteiger partial charge in [-0.05, 0) is 19.1 Å². The number of hydrogen-bond acceptors (Lipinski definition) is 1. The molecule has 1 aromatic rings. The van der Waals surface area contributed by atoms with E-state index in [4.69, 9.17) is 6.57 Å². The van der Waals surface area contributed by atoms with Crippen LogP contribution in [0.1, 0.15) is 25.3 Å². The van der Waals surface area contributed by atoms with Crippen molar-refractivity contribution in [2.24, 2.45) is 0 Å². The summed E-state index contributed by atoms with van der Waals surface area (Å²) >= 11 is 3.40. The van der Waals surface area contributed by atoms with Crippen LogP contribution in [0.5, 0.6) is 0 Å². The summed E-state index contributed by atoms with van der Waals surface area (Å²) < 4.78 is 0.981. The molecule has 0 atom stereocenters. The summed E-state index contributed by atoms with van der Waals surface area (Å²) in [7, 11) is 0. The van der Waals surface area contributed by atoms with Gasteiger partial charge in [-0.3, -0.25) is 0 Å². The molecule has 1 aliphatic rings. The summed E-state index contributed by atoms with van der Waals surface area (Å²) in [5, 5.41) is 9.76. The lowest BCUT2D eigenvalue weighted by molar-refractivity contribution is -0.0593. The maximum absolute atomic E-state index is 9.76. The van der Waals surface area contributed by atoms with Crippen LogP contribution in [0.2, 0.25) is 0 Å². The molecule has 2 rings (SSSR count). The molecule has 0 heterocycles. The predicted octanol–water partition coefficient (Wildman–Crippen LogP) is 3.11. The Morgan fingerprint density at radius 3 is 2.60 bits per heavy atom. The molecule has 78 valence electrons. The van der Waals surface area contributed by atoms with Crippen LogP contribution >= 0.6 is 15.9 Å². The molecule has 3 heteroatoms. The van der Waals surface area contributed by atoms with Gasteiger partial charge >= 0.3 is 0 Å². The largest absolute Gasteiger partial charge is 0.390 e. The minimum Gasteiger partial charge on any atom is -0.390 e. The first kappa shape index (κ1) is 10.7. The Morgan fingerprint density at radius 1 is 1.47 bits per heavy atom. The third kappa shape index (κ3) is 1.80. The van der Waals surface area contributed by atoms with Gasteiger partial charge in [0.1, 0.15) is 0 Å². The van der Waals surface area contributed by atoms with E-state index in [0.717, 1.165) is 10.0 Å². The van der Waals surface area contributed by atoms with Crippen molar-refractivity contribution in [2.45, 2.75) is 30.9 Å². The van der Waals surface area contributed by atoms with Gasteiger partial charge in [-0.15, -0.1) is 0 Å². The molecule has 0 unspecified atom stereocenters. The van der Waals surface area contributed by atoms with Crippen LogP contribution < -0.4 is 0 Å². The minimum absolute atomic E-state index is 0.507. The SMILES string of the molecule is [C-]#[N+]C1(c2cccc(Br)c2)CC(C)(O)C1. The van der Waals surface area contributed by atoms with Crippen LogP contribution in [0, 0.1) is 6.57 Å². The molecule has 1 N–H and O–H groups in total. The third-order valence-electron chi connectivity index (χ3n) is 2.92. The summed E-state index contributed by atoms with van der Waals surface area (Å²) in [5.41, 5.74) is -0.182. The highest BCUT2D eigenvalue weighted by Crippen LogP contribution is 2.51. The van der Waals surface area contributed by atoms with Gasteiger partial charge in [-0.25, -0.2) is 6.57 Å². The summed E-state index contributed by atoms with van der Waals surface area (Å²) in [6.07, 6.45) is 1.06. The van der Waals surface area contributed by atoms with Crippen molar-refractivity contribution in [1.29, 1.82) is 0 Å². The number of halogens is 1. The molecule has 0 spiro atoms. The molecule has 15 heavy (non-hydrogen) atoms. The molecule has 0 radical (unpaired) electrons. The van der Waals surface area contributed by atoms with Crippen molar-refractivity contribution >= 4 is 15.9 Å². The van der Waals surface area contributed by atoms with E-state index in [-0.39, 0.29) is 0 Å². The number of benzene rings is 1. The van der Waals surface area contributed by atoms with Gasteiger partial charge in [-0.2, -0.15) is 0 Å². The van der Waals surface area contributed by atoms with Gasteiger partial charge in [0.15, 0.2) is 0 Å². The molecule has 0 amide bonds. The molecule has 1 aromatic carbocycles. The van der Waals surface area contributed by atoms with Crippen molar-refractivity contribution < 1.29 is 5.11 Å². The van der Waals surface area contributed by atoms with E-state index in [0.29, 0.717) is 12.8 Å². The predicted molar refractivity (Wildman–Crippen MR) is 62.3 cm³/mol. The number of aliphatic hydroxyl groups is 1. The molecule has 0 aromatic heterocycles. The summed E-state index contributed by atoms with van der Waals surface area (Å²) in [6.45, 7) is 9.08. The van der Waals surface area contributed by atoms with Crippen molar-refractivity contribution in [1.82, 2.24) is 0 Å². The zero-order valence-electron chi connectivity index (χ0n) is 8.50. The van der Waals surface area contributed by atoms with Crippen molar-refractivity contribution in [2.75, 3.05) is 0 Å². The average Bonchev–Trinajstić information content (AvgIpc) is 2.13. The van der Waals surface area contributed by atoms with Crippen LogP contribution in [0.15, 0.2) is 28.7 Å². The number of rotatable bonds is 1. The first-order chi connectivity index (χ1) is 6.97. The highest BCUT2D eigenvalue weighted by Gasteiger charge is 2.58. The van der Waals surface area contributed by atoms with Crippen LogP contribution in [0.25, 0.3) is 4.85 Å². The lowest BCUT2D eigenvalue weighted by atomic mass is 9.63. The van der Waals surface area contributed by atoms with E-state index in [9.17, 15) is 5.11 Å². The zero-order valence-corrected chi connectivity index (χ0v) is 10.1. The van der Waals surface area contributed by atoms with Crippen LogP contribution in [0.4, 0.5) is 0 Å². The zero-order chi connectivity index (χ0) is 11.1. The second-order valence-corrected chi connectivity index (χ2v) is 5.42. The Labute approximate surface area is 97.9 Å². The third-order valence-corrected chi connectivity index (χ3v) is 3.42. The van der Waals surface area contributed by atoms with E-state index in [1.54, 1.807) is 6.92 Å². The fourth-order valence-corrected chi connectivity index (χ4v) is 2.73. The fourth-order valence-electron chi connectivity index (χ4n) is 2.33. The summed E-state index contributed by atoms with van der Waals surface area (Å²) in [6, 6.07) is 7.79. The number of hydrogen-bond donors (Lipinski definition) is 1. The van der Waals surface area contributed by atoms with Crippen LogP contribution in [-0.4, -0.2) is 10.7 Å². The topological polar surface area (TPSA) is 24.6 Å². The Kier molecular flexibility index (Phi) is 2.37. The van der Waals surface area contributed by atoms with E-state index in [1.165, 1.54) is 0 Å². The molecule has 0 bridgehead atoms. The second kappa shape index (κ2) is 3.33. The summed E-state index contributed by atoms with van der Waals surface area (Å²) in [5.74, 6) is 0. The smallest absolute Gasteiger partial charge is 0.263 e. The van der Waals surface area contributed by atoms with E-state index in [2.05, 4.69) is 20.8 Å². The maximum Gasteiger partial charge on any atom is 0.263 e. The number of nitrogens with zero attached hydrogens (tertiary/aromatic N) is 1. The second-order valence-electron chi connectivity index (χ2n) is 4.50. The maximum atomic E-state index is 9.76. The fraction of sp³-hybridized carbons (Fsp3) is 0.417. The monoisotopic (exact) mass is 265 g/mol. The lowest BCUT2D eigenvalue weighted by Gasteiger charge is -2.42. The van der Waals surface area contributed by atoms with Crippen LogP contribution in [-0.2, 0) is 5.54 Å². The van der Waals surface area contributed by atoms with Crippen molar-refractivity contribution in [3.05, 3.63) is 45.7 Å². The van der Waals surface area contributed by atoms with Crippen molar-refractivity contribution in [3.63, 3.8) is 0 Å². The quantitative estimate of drug-likeness (QED) is 0.776. The standard InChI is InChI=1S/C12H12BrNO/c1-11(15)7-12(8-11,14-2)9-4-3-5-10(13)6-9/h3-6,15H,7-8H2,1H3. The van der Waals surface area contributed by atoms with Crippen LogP contribution in [0.3, 0.4) is 0 Å². The molecule has 2 nitrogen and oxygen atoms in total. The van der Waals surface area contributed by atoms with Gasteiger partial charge < -0.3 is 9.95 Å². The average molecular weight is 266 g/mol. The molecule has 1 fully saturated rings. The first-order valence-electron chi connectivity index (χ1n) is 4.85. The van der Waals surface area contributed by atoms with Gasteiger partial charge in [0, 0.05) is 10.0 Å². The van der Waals surface area contributed by atoms with E-state index < -0.39 is 11.1 Å². The van der Waals surface area contributed by atoms with Gasteiger partial charge in [0.2, 0.25) is 0 Å². The molecule has 1 saturated carbocycles. The van der Waals surface area contributed by atoms with E-state index >= 15 is 0 Å². The van der Waals surface area contributed by atoms with Gasteiger partial charge in [0.25, 0.3) is 5.54 Å². The minimum atomic E-state index is -0.674. The molecule has 0 saturated heterocycles. The normalized spacial score (nSPS) is 34.3. The Hall–Kier alpha value is -0.850. The van der Waals surface area contributed by atoms with Gasteiger partial charge in [0.05, 0.1) is 18.4 Å². The lowest BCUT2D eigenvalue weighted by Crippen LogP contribution is -2.50. The van der Waals surface area contributed by atoms with Gasteiger partial charge in [-0.1, -0.05) is 28.1 Å². The molecule has 1 aliphatic carbocycles. The highest BCUT2D eigenvalue weighted by molar-refractivity contribution is 9.10. The molecular weight excluding hydrogens is 254 g/mol. The highest BCUT2D eigenvalue weighted by atomic mass is 79.9. The Bertz CT molecular complexity index is 425.